The van der Waals surface area contributed by atoms with E-state index in [0.717, 1.165) is 6.54 Å². The molecule has 0 saturated carbocycles. The molecule has 1 atom stereocenters. The van der Waals surface area contributed by atoms with Crippen LogP contribution in [0.15, 0.2) is 0 Å². The Morgan fingerprint density at radius 1 is 1.31 bits per heavy atom. The van der Waals surface area contributed by atoms with E-state index in [4.69, 9.17) is 19.9 Å². The Morgan fingerprint density at radius 2 is 1.92 bits per heavy atom. The number of nitrogens with two attached hydrogens (primary N) is 1. The fourth-order valence-electron chi connectivity index (χ4n) is 0.944. The molecule has 0 aliphatic rings. The SMILES string of the molecule is CO[C](OC)C(CNCCN)OC. The summed E-state index contributed by atoms with van der Waals surface area (Å²) in [6, 6.07) is 0. The van der Waals surface area contributed by atoms with Crippen LogP contribution in [0.5, 0.6) is 0 Å². The normalized spacial score (nSPS) is 13.6. The van der Waals surface area contributed by atoms with Gasteiger partial charge in [-0.3, -0.25) is 0 Å². The quantitative estimate of drug-likeness (QED) is 0.498. The molecule has 1 radical (unpaired) electrons. The van der Waals surface area contributed by atoms with Crippen LogP contribution < -0.4 is 11.1 Å². The Kier molecular flexibility index (Phi) is 8.27. The molecule has 0 rings (SSSR count). The second kappa shape index (κ2) is 8.40. The largest absolute Gasteiger partial charge is 0.374 e. The Hall–Kier alpha value is -0.200. The van der Waals surface area contributed by atoms with Gasteiger partial charge in [-0.1, -0.05) is 0 Å². The van der Waals surface area contributed by atoms with Crippen molar-refractivity contribution in [3.8, 4) is 0 Å². The van der Waals surface area contributed by atoms with Crippen LogP contribution in [0.25, 0.3) is 0 Å². The van der Waals surface area contributed by atoms with Gasteiger partial charge in [-0.15, -0.1) is 0 Å². The maximum absolute atomic E-state index is 5.32. The third kappa shape index (κ3) is 5.17. The van der Waals surface area contributed by atoms with Gasteiger partial charge < -0.3 is 25.3 Å². The first-order valence-corrected chi connectivity index (χ1v) is 4.18. The van der Waals surface area contributed by atoms with E-state index in [1.165, 1.54) is 0 Å². The summed E-state index contributed by atoms with van der Waals surface area (Å²) in [5, 5.41) is 3.10. The Balaban J connectivity index is 3.71. The first-order chi connectivity index (χ1) is 6.29. The zero-order valence-electron chi connectivity index (χ0n) is 8.50. The molecule has 13 heavy (non-hydrogen) atoms. The highest BCUT2D eigenvalue weighted by Gasteiger charge is 2.21. The lowest BCUT2D eigenvalue weighted by atomic mass is 10.3. The highest BCUT2D eigenvalue weighted by atomic mass is 16.7. The molecule has 0 bridgehead atoms. The van der Waals surface area contributed by atoms with Crippen molar-refractivity contribution < 1.29 is 14.2 Å². The maximum Gasteiger partial charge on any atom is 0.254 e. The predicted octanol–water partition coefficient (Wildman–Crippen LogP) is -0.668. The molecule has 1 unspecified atom stereocenters. The molecule has 0 aromatic heterocycles. The Bertz CT molecular complexity index is 110. The molecule has 0 aromatic carbocycles. The third-order valence-corrected chi connectivity index (χ3v) is 1.60. The van der Waals surface area contributed by atoms with E-state index in [2.05, 4.69) is 5.32 Å². The van der Waals surface area contributed by atoms with Crippen LogP contribution in [-0.2, 0) is 14.2 Å². The van der Waals surface area contributed by atoms with Crippen molar-refractivity contribution in [2.24, 2.45) is 5.73 Å². The van der Waals surface area contributed by atoms with E-state index < -0.39 is 0 Å². The molecular weight excluding hydrogens is 172 g/mol. The number of hydrogen-bond donors (Lipinski definition) is 2. The van der Waals surface area contributed by atoms with Gasteiger partial charge in [0.1, 0.15) is 6.10 Å². The van der Waals surface area contributed by atoms with Gasteiger partial charge in [0.25, 0.3) is 6.29 Å². The van der Waals surface area contributed by atoms with Crippen molar-refractivity contribution in [2.45, 2.75) is 6.10 Å². The molecular formula is C8H19N2O3. The van der Waals surface area contributed by atoms with Crippen LogP contribution >= 0.6 is 0 Å². The van der Waals surface area contributed by atoms with E-state index in [-0.39, 0.29) is 6.10 Å². The van der Waals surface area contributed by atoms with E-state index in [1.807, 2.05) is 0 Å². The summed E-state index contributed by atoms with van der Waals surface area (Å²) in [6.45, 7) is 1.98. The molecule has 0 amide bonds. The Labute approximate surface area is 79.5 Å². The summed E-state index contributed by atoms with van der Waals surface area (Å²) in [4.78, 5) is 0. The maximum atomic E-state index is 5.32. The summed E-state index contributed by atoms with van der Waals surface area (Å²) < 4.78 is 15.1. The van der Waals surface area contributed by atoms with E-state index in [1.54, 1.807) is 21.3 Å². The standard InChI is InChI=1S/C8H19N2O3/c1-11-7(6-10-5-4-9)8(12-2)13-3/h7,10H,4-6,9H2,1-3H3. The fourth-order valence-corrected chi connectivity index (χ4v) is 0.944. The molecule has 5 heteroatoms. The van der Waals surface area contributed by atoms with Crippen LogP contribution in [0.4, 0.5) is 0 Å². The van der Waals surface area contributed by atoms with E-state index in [0.29, 0.717) is 19.4 Å². The average Bonchev–Trinajstić information content (AvgIpc) is 2.17. The second-order valence-corrected chi connectivity index (χ2v) is 2.44. The van der Waals surface area contributed by atoms with E-state index >= 15 is 0 Å². The summed E-state index contributed by atoms with van der Waals surface area (Å²) in [6.07, 6.45) is 0.272. The second-order valence-electron chi connectivity index (χ2n) is 2.44. The number of ether oxygens (including phenoxy) is 3. The van der Waals surface area contributed by atoms with Gasteiger partial charge in [0.15, 0.2) is 0 Å². The molecule has 3 N–H and O–H groups in total. The molecule has 79 valence electrons. The highest BCUT2D eigenvalue weighted by Crippen LogP contribution is 2.10. The fraction of sp³-hybridized carbons (Fsp3) is 0.875. The molecule has 0 saturated heterocycles. The zero-order chi connectivity index (χ0) is 10.1. The molecule has 0 heterocycles. The summed E-state index contributed by atoms with van der Waals surface area (Å²) in [7, 11) is 4.70. The van der Waals surface area contributed by atoms with Gasteiger partial charge in [0, 0.05) is 41.0 Å². The third-order valence-electron chi connectivity index (χ3n) is 1.60. The van der Waals surface area contributed by atoms with Crippen LogP contribution in [0.1, 0.15) is 0 Å². The van der Waals surface area contributed by atoms with Gasteiger partial charge in [0.05, 0.1) is 0 Å². The van der Waals surface area contributed by atoms with Crippen molar-refractivity contribution in [1.29, 1.82) is 0 Å². The lowest BCUT2D eigenvalue weighted by Crippen LogP contribution is -2.37. The number of rotatable bonds is 8. The van der Waals surface area contributed by atoms with Crippen molar-refractivity contribution in [2.75, 3.05) is 41.0 Å². The molecule has 5 nitrogen and oxygen atoms in total. The van der Waals surface area contributed by atoms with Crippen LogP contribution in [0, 0.1) is 6.29 Å². The van der Waals surface area contributed by atoms with Gasteiger partial charge in [0.2, 0.25) is 0 Å². The molecule has 0 spiro atoms. The van der Waals surface area contributed by atoms with Crippen molar-refractivity contribution >= 4 is 0 Å². The number of methoxy groups -OCH3 is 3. The summed E-state index contributed by atoms with van der Waals surface area (Å²) in [5.74, 6) is 0. The van der Waals surface area contributed by atoms with Crippen LogP contribution in [0.2, 0.25) is 0 Å². The van der Waals surface area contributed by atoms with Crippen molar-refractivity contribution in [3.63, 3.8) is 0 Å². The van der Waals surface area contributed by atoms with Crippen LogP contribution in [0.3, 0.4) is 0 Å². The van der Waals surface area contributed by atoms with Gasteiger partial charge in [-0.05, 0) is 0 Å². The van der Waals surface area contributed by atoms with E-state index in [9.17, 15) is 0 Å². The first kappa shape index (κ1) is 12.8. The average molecular weight is 191 g/mol. The molecule has 0 aromatic rings. The minimum atomic E-state index is -0.193. The van der Waals surface area contributed by atoms with Crippen molar-refractivity contribution in [1.82, 2.24) is 5.32 Å². The predicted molar refractivity (Wildman–Crippen MR) is 50.0 cm³/mol. The smallest absolute Gasteiger partial charge is 0.254 e. The zero-order valence-corrected chi connectivity index (χ0v) is 8.50. The Morgan fingerprint density at radius 3 is 2.31 bits per heavy atom. The lowest BCUT2D eigenvalue weighted by molar-refractivity contribution is -0.0814. The summed E-state index contributed by atoms with van der Waals surface area (Å²) >= 11 is 0. The topological polar surface area (TPSA) is 65.7 Å². The van der Waals surface area contributed by atoms with Crippen LogP contribution in [-0.4, -0.2) is 47.1 Å². The minimum Gasteiger partial charge on any atom is -0.374 e. The molecule has 0 aliphatic heterocycles. The van der Waals surface area contributed by atoms with Gasteiger partial charge >= 0.3 is 0 Å². The highest BCUT2D eigenvalue weighted by molar-refractivity contribution is 4.79. The lowest BCUT2D eigenvalue weighted by Gasteiger charge is -2.21. The van der Waals surface area contributed by atoms with Crippen molar-refractivity contribution in [3.05, 3.63) is 6.29 Å². The molecule has 0 aliphatic carbocycles. The molecule has 0 fully saturated rings. The minimum absolute atomic E-state index is 0.193. The first-order valence-electron chi connectivity index (χ1n) is 4.18. The number of nitrogens with one attached hydrogen (secondary N) is 1. The summed E-state index contributed by atoms with van der Waals surface area (Å²) in [5.41, 5.74) is 5.32. The number of hydrogen-bond acceptors (Lipinski definition) is 5. The van der Waals surface area contributed by atoms with Gasteiger partial charge in [-0.2, -0.15) is 0 Å². The van der Waals surface area contributed by atoms with Gasteiger partial charge in [-0.25, -0.2) is 0 Å². The monoisotopic (exact) mass is 191 g/mol.